The monoisotopic (exact) mass is 306 g/mol. The zero-order valence-electron chi connectivity index (χ0n) is 13.4. The van der Waals surface area contributed by atoms with Crippen LogP contribution in [-0.4, -0.2) is 45.1 Å². The molecule has 2 amide bonds. The number of aryl methyl sites for hydroxylation is 1. The van der Waals surface area contributed by atoms with E-state index in [1.807, 2.05) is 32.2 Å². The number of methoxy groups -OCH3 is 1. The Balaban J connectivity index is 1.83. The van der Waals surface area contributed by atoms with Crippen LogP contribution in [-0.2, 0) is 9.59 Å². The molecule has 6 nitrogen and oxygen atoms in total. The lowest BCUT2D eigenvalue weighted by atomic mass is 10.2. The van der Waals surface area contributed by atoms with Gasteiger partial charge in [-0.25, -0.2) is 0 Å². The van der Waals surface area contributed by atoms with Crippen molar-refractivity contribution in [2.24, 2.45) is 0 Å². The van der Waals surface area contributed by atoms with Crippen molar-refractivity contribution >= 4 is 17.5 Å². The van der Waals surface area contributed by atoms with E-state index in [4.69, 9.17) is 4.74 Å². The highest BCUT2D eigenvalue weighted by Gasteiger charge is 2.25. The number of carbonyl (C=O) groups excluding carboxylic acids is 2. The van der Waals surface area contributed by atoms with Gasteiger partial charge in [0.15, 0.2) is 13.1 Å². The van der Waals surface area contributed by atoms with E-state index in [0.717, 1.165) is 23.3 Å². The molecule has 1 aliphatic rings. The van der Waals surface area contributed by atoms with Crippen molar-refractivity contribution in [2.75, 3.05) is 32.6 Å². The van der Waals surface area contributed by atoms with Crippen LogP contribution >= 0.6 is 0 Å². The van der Waals surface area contributed by atoms with Gasteiger partial charge in [0.1, 0.15) is 5.75 Å². The zero-order chi connectivity index (χ0) is 16.1. The third-order valence-electron chi connectivity index (χ3n) is 3.50. The summed E-state index contributed by atoms with van der Waals surface area (Å²) < 4.78 is 5.24. The molecule has 120 valence electrons. The van der Waals surface area contributed by atoms with Crippen molar-refractivity contribution in [3.63, 3.8) is 0 Å². The minimum Gasteiger partial charge on any atom is -0.495 e. The highest BCUT2D eigenvalue weighted by Crippen LogP contribution is 2.24. The van der Waals surface area contributed by atoms with Crippen molar-refractivity contribution in [2.45, 2.75) is 25.8 Å². The quantitative estimate of drug-likeness (QED) is 0.650. The normalized spacial score (nSPS) is 15.0. The molecule has 0 spiro atoms. The maximum absolute atomic E-state index is 12.1. The van der Waals surface area contributed by atoms with Gasteiger partial charge in [-0.2, -0.15) is 0 Å². The summed E-state index contributed by atoms with van der Waals surface area (Å²) in [7, 11) is 3.40. The fraction of sp³-hybridized carbons (Fsp3) is 0.500. The highest BCUT2D eigenvalue weighted by atomic mass is 16.5. The number of benzene rings is 1. The lowest BCUT2D eigenvalue weighted by Crippen LogP contribution is -3.11. The van der Waals surface area contributed by atoms with Gasteiger partial charge in [0.05, 0.1) is 19.8 Å². The van der Waals surface area contributed by atoms with Crippen LogP contribution in [0.1, 0.15) is 18.4 Å². The summed E-state index contributed by atoms with van der Waals surface area (Å²) >= 11 is 0. The standard InChI is InChI=1S/C16H23N3O3/c1-11-4-7-14(22-3)13(8-11)18-16(21)10-19(2)9-15(20)17-12-5-6-12/h4,7-8,12H,5-6,9-10H2,1-3H3,(H,17,20)(H,18,21)/p+1. The third kappa shape index (κ3) is 5.04. The Morgan fingerprint density at radius 3 is 2.59 bits per heavy atom. The Bertz CT molecular complexity index is 556. The van der Waals surface area contributed by atoms with E-state index < -0.39 is 0 Å². The molecular weight excluding hydrogens is 282 g/mol. The molecule has 1 unspecified atom stereocenters. The molecule has 2 rings (SSSR count). The fourth-order valence-electron chi connectivity index (χ4n) is 2.23. The third-order valence-corrected chi connectivity index (χ3v) is 3.50. The molecule has 6 heteroatoms. The first kappa shape index (κ1) is 16.3. The maximum atomic E-state index is 12.1. The van der Waals surface area contributed by atoms with Gasteiger partial charge in [-0.15, -0.1) is 0 Å². The molecule has 22 heavy (non-hydrogen) atoms. The van der Waals surface area contributed by atoms with Crippen LogP contribution < -0.4 is 20.3 Å². The van der Waals surface area contributed by atoms with Gasteiger partial charge >= 0.3 is 0 Å². The van der Waals surface area contributed by atoms with Crippen LogP contribution in [0.25, 0.3) is 0 Å². The lowest BCUT2D eigenvalue weighted by molar-refractivity contribution is -0.862. The number of hydrogen-bond acceptors (Lipinski definition) is 3. The number of rotatable bonds is 7. The van der Waals surface area contributed by atoms with E-state index in [9.17, 15) is 9.59 Å². The molecule has 0 bridgehead atoms. The minimum absolute atomic E-state index is 0.000867. The molecule has 1 saturated carbocycles. The molecule has 0 heterocycles. The minimum atomic E-state index is -0.138. The van der Waals surface area contributed by atoms with Gasteiger partial charge < -0.3 is 20.3 Å². The molecule has 1 atom stereocenters. The first-order chi connectivity index (χ1) is 10.5. The molecule has 0 aliphatic heterocycles. The first-order valence-corrected chi connectivity index (χ1v) is 7.53. The zero-order valence-corrected chi connectivity index (χ0v) is 13.4. The van der Waals surface area contributed by atoms with Crippen LogP contribution in [0.2, 0.25) is 0 Å². The number of likely N-dealkylation sites (N-methyl/N-ethyl adjacent to an activating group) is 1. The molecule has 0 saturated heterocycles. The van der Waals surface area contributed by atoms with Gasteiger partial charge in [-0.3, -0.25) is 9.59 Å². The van der Waals surface area contributed by atoms with Gasteiger partial charge in [-0.05, 0) is 37.5 Å². The second-order valence-electron chi connectivity index (χ2n) is 5.90. The topological polar surface area (TPSA) is 71.9 Å². The fourth-order valence-corrected chi connectivity index (χ4v) is 2.23. The van der Waals surface area contributed by atoms with Crippen molar-refractivity contribution in [1.29, 1.82) is 0 Å². The summed E-state index contributed by atoms with van der Waals surface area (Å²) in [5.74, 6) is 0.490. The molecule has 1 aromatic rings. The maximum Gasteiger partial charge on any atom is 0.279 e. The Kier molecular flexibility index (Phi) is 5.38. The summed E-state index contributed by atoms with van der Waals surface area (Å²) in [6.07, 6.45) is 2.14. The van der Waals surface area contributed by atoms with Crippen molar-refractivity contribution in [3.8, 4) is 5.75 Å². The van der Waals surface area contributed by atoms with Crippen molar-refractivity contribution < 1.29 is 19.2 Å². The number of hydrogen-bond donors (Lipinski definition) is 3. The van der Waals surface area contributed by atoms with E-state index in [0.29, 0.717) is 24.0 Å². The summed E-state index contributed by atoms with van der Waals surface area (Å²) in [6.45, 7) is 2.48. The van der Waals surface area contributed by atoms with Crippen molar-refractivity contribution in [3.05, 3.63) is 23.8 Å². The summed E-state index contributed by atoms with van der Waals surface area (Å²) in [5.41, 5.74) is 1.70. The largest absolute Gasteiger partial charge is 0.495 e. The first-order valence-electron chi connectivity index (χ1n) is 7.53. The Morgan fingerprint density at radius 2 is 1.95 bits per heavy atom. The number of anilines is 1. The van der Waals surface area contributed by atoms with Crippen LogP contribution in [0.4, 0.5) is 5.69 Å². The molecule has 1 fully saturated rings. The molecule has 3 N–H and O–H groups in total. The van der Waals surface area contributed by atoms with E-state index in [-0.39, 0.29) is 18.4 Å². The second-order valence-corrected chi connectivity index (χ2v) is 5.90. The Hall–Kier alpha value is -2.08. The van der Waals surface area contributed by atoms with Crippen LogP contribution in [0.5, 0.6) is 5.75 Å². The highest BCUT2D eigenvalue weighted by molar-refractivity contribution is 5.93. The van der Waals surface area contributed by atoms with Crippen molar-refractivity contribution in [1.82, 2.24) is 5.32 Å². The van der Waals surface area contributed by atoms with Gasteiger partial charge in [0.25, 0.3) is 11.8 Å². The van der Waals surface area contributed by atoms with E-state index in [1.165, 1.54) is 0 Å². The predicted molar refractivity (Wildman–Crippen MR) is 84.1 cm³/mol. The summed E-state index contributed by atoms with van der Waals surface area (Å²) in [6, 6.07) is 5.97. The predicted octanol–water partition coefficient (Wildman–Crippen LogP) is -0.265. The number of amides is 2. The Morgan fingerprint density at radius 1 is 1.27 bits per heavy atom. The van der Waals surface area contributed by atoms with E-state index in [1.54, 1.807) is 7.11 Å². The smallest absolute Gasteiger partial charge is 0.279 e. The lowest BCUT2D eigenvalue weighted by Gasteiger charge is -2.15. The molecule has 0 radical (unpaired) electrons. The molecule has 1 aromatic carbocycles. The molecular formula is C16H24N3O3+. The number of carbonyl (C=O) groups is 2. The Labute approximate surface area is 130 Å². The number of nitrogens with one attached hydrogen (secondary N) is 3. The van der Waals surface area contributed by atoms with E-state index in [2.05, 4.69) is 10.6 Å². The number of ether oxygens (including phenoxy) is 1. The SMILES string of the molecule is COc1ccc(C)cc1NC(=O)C[NH+](C)CC(=O)NC1CC1. The van der Waals surface area contributed by atoms with Gasteiger partial charge in [0.2, 0.25) is 0 Å². The molecule has 1 aliphatic carbocycles. The van der Waals surface area contributed by atoms with E-state index >= 15 is 0 Å². The van der Waals surface area contributed by atoms with Crippen LogP contribution in [0, 0.1) is 6.92 Å². The number of quaternary nitrogens is 1. The summed E-state index contributed by atoms with van der Waals surface area (Å²) in [4.78, 5) is 24.7. The average molecular weight is 306 g/mol. The van der Waals surface area contributed by atoms with Crippen LogP contribution in [0.15, 0.2) is 18.2 Å². The summed E-state index contributed by atoms with van der Waals surface area (Å²) in [5, 5.41) is 5.77. The van der Waals surface area contributed by atoms with Gasteiger partial charge in [-0.1, -0.05) is 6.07 Å². The van der Waals surface area contributed by atoms with Gasteiger partial charge in [0, 0.05) is 6.04 Å². The van der Waals surface area contributed by atoms with Crippen LogP contribution in [0.3, 0.4) is 0 Å². The average Bonchev–Trinajstić information content (AvgIpc) is 3.22. The second kappa shape index (κ2) is 7.26. The molecule has 0 aromatic heterocycles.